The van der Waals surface area contributed by atoms with Crippen molar-refractivity contribution in [2.45, 2.75) is 38.6 Å². The molecule has 3 rings (SSSR count). The van der Waals surface area contributed by atoms with Gasteiger partial charge in [-0.05, 0) is 56.7 Å². The van der Waals surface area contributed by atoms with Crippen LogP contribution in [0.1, 0.15) is 43.1 Å². The molecule has 11 heteroatoms. The van der Waals surface area contributed by atoms with Crippen LogP contribution >= 0.6 is 0 Å². The number of hydrogen-bond donors (Lipinski definition) is 2. The Morgan fingerprint density at radius 2 is 1.77 bits per heavy atom. The third-order valence-electron chi connectivity index (χ3n) is 6.69. The Labute approximate surface area is 258 Å². The number of pyridine rings is 1. The second-order valence-corrected chi connectivity index (χ2v) is 11.9. The normalized spacial score (nSPS) is 13.0. The zero-order chi connectivity index (χ0) is 32.3. The van der Waals surface area contributed by atoms with Crippen LogP contribution in [0, 0.1) is 0 Å². The van der Waals surface area contributed by atoms with Gasteiger partial charge in [0.25, 0.3) is 5.91 Å². The van der Waals surface area contributed by atoms with Gasteiger partial charge in [-0.1, -0.05) is 36.4 Å². The summed E-state index contributed by atoms with van der Waals surface area (Å²) in [5.41, 5.74) is 3.20. The van der Waals surface area contributed by atoms with Crippen LogP contribution in [0.4, 0.5) is 0 Å². The maximum atomic E-state index is 13.4. The smallest absolute Gasteiger partial charge is 0.253 e. The van der Waals surface area contributed by atoms with Crippen molar-refractivity contribution in [3.63, 3.8) is 0 Å². The Morgan fingerprint density at radius 1 is 1.05 bits per heavy atom. The molecule has 0 spiro atoms. The topological polar surface area (TPSA) is 125 Å². The van der Waals surface area contributed by atoms with Crippen LogP contribution in [-0.4, -0.2) is 53.9 Å². The van der Waals surface area contributed by atoms with Gasteiger partial charge in [-0.15, -0.1) is 6.58 Å². The first-order valence-corrected chi connectivity index (χ1v) is 15.3. The van der Waals surface area contributed by atoms with Crippen molar-refractivity contribution in [3.05, 3.63) is 126 Å². The molecule has 0 atom stereocenters. The van der Waals surface area contributed by atoms with Crippen LogP contribution in [-0.2, 0) is 21.2 Å². The lowest BCUT2D eigenvalue weighted by molar-refractivity contribution is -0.117. The number of benzene rings is 1. The summed E-state index contributed by atoms with van der Waals surface area (Å²) >= 11 is 0. The van der Waals surface area contributed by atoms with Gasteiger partial charge in [0, 0.05) is 63.1 Å². The van der Waals surface area contributed by atoms with Gasteiger partial charge >= 0.3 is 0 Å². The summed E-state index contributed by atoms with van der Waals surface area (Å²) in [5, 5.41) is 5.68. The standard InChI is InChI=1S/C33H38N6O4S/c1-7-9-29(14-10-24(3)20-36-32(40)25(4)22-38(8-2)26(5)34-6)44(42,43)30-15-11-27(12-16-30)21-37-33(41)28-13-17-31-35-18-19-39(31)23-28/h7-8,10-19,22-23H,1-2,9,20-21H2,3-6H3,(H,36,40)(H,37,41)/b24-10+,25-22+,29-14+,34-26?. The van der Waals surface area contributed by atoms with Crippen LogP contribution in [0.25, 0.3) is 5.65 Å². The van der Waals surface area contributed by atoms with Gasteiger partial charge in [0.15, 0.2) is 0 Å². The third kappa shape index (κ3) is 8.74. The fraction of sp³-hybridized carbons (Fsp3) is 0.212. The Morgan fingerprint density at radius 3 is 2.43 bits per heavy atom. The molecule has 0 aliphatic carbocycles. The summed E-state index contributed by atoms with van der Waals surface area (Å²) in [6.45, 7) is 13.2. The molecule has 2 aromatic heterocycles. The van der Waals surface area contributed by atoms with E-state index >= 15 is 0 Å². The van der Waals surface area contributed by atoms with Crippen LogP contribution in [0.2, 0.25) is 0 Å². The number of fused-ring (bicyclic) bond motifs is 1. The molecule has 3 aromatic rings. The van der Waals surface area contributed by atoms with Crippen molar-refractivity contribution in [3.8, 4) is 0 Å². The predicted octanol–water partition coefficient (Wildman–Crippen LogP) is 4.96. The first-order valence-electron chi connectivity index (χ1n) is 13.8. The number of aliphatic imine (C=N–C) groups is 1. The molecule has 2 amide bonds. The minimum Gasteiger partial charge on any atom is -0.349 e. The molecular formula is C33H38N6O4S. The van der Waals surface area contributed by atoms with Crippen molar-refractivity contribution in [1.82, 2.24) is 24.9 Å². The second kappa shape index (κ2) is 15.4. The molecule has 0 fully saturated rings. The van der Waals surface area contributed by atoms with E-state index in [1.807, 2.05) is 0 Å². The highest BCUT2D eigenvalue weighted by molar-refractivity contribution is 7.95. The minimum absolute atomic E-state index is 0.129. The number of nitrogens with zero attached hydrogens (tertiary/aromatic N) is 4. The van der Waals surface area contributed by atoms with E-state index in [0.29, 0.717) is 17.0 Å². The molecule has 0 unspecified atom stereocenters. The zero-order valence-corrected chi connectivity index (χ0v) is 26.3. The molecule has 44 heavy (non-hydrogen) atoms. The number of nitrogens with one attached hydrogen (secondary N) is 2. The molecule has 0 saturated heterocycles. The Hall–Kier alpha value is -5.03. The lowest BCUT2D eigenvalue weighted by Crippen LogP contribution is -2.27. The highest BCUT2D eigenvalue weighted by Gasteiger charge is 2.19. The van der Waals surface area contributed by atoms with E-state index in [9.17, 15) is 18.0 Å². The number of carbonyl (C=O) groups is 2. The van der Waals surface area contributed by atoms with Gasteiger partial charge in [-0.2, -0.15) is 0 Å². The van der Waals surface area contributed by atoms with Crippen molar-refractivity contribution in [2.75, 3.05) is 13.6 Å². The number of imidazole rings is 1. The van der Waals surface area contributed by atoms with Gasteiger partial charge in [0.1, 0.15) is 11.5 Å². The number of amides is 2. The van der Waals surface area contributed by atoms with E-state index in [-0.39, 0.29) is 41.1 Å². The lowest BCUT2D eigenvalue weighted by Gasteiger charge is -2.15. The summed E-state index contributed by atoms with van der Waals surface area (Å²) in [7, 11) is -2.16. The Balaban J connectivity index is 1.65. The highest BCUT2D eigenvalue weighted by atomic mass is 32.2. The fourth-order valence-electron chi connectivity index (χ4n) is 4.00. The van der Waals surface area contributed by atoms with Crippen molar-refractivity contribution in [2.24, 2.45) is 4.99 Å². The largest absolute Gasteiger partial charge is 0.349 e. The quantitative estimate of drug-likeness (QED) is 0.0922. The van der Waals surface area contributed by atoms with Crippen LogP contribution in [0.5, 0.6) is 0 Å². The molecule has 0 bridgehead atoms. The van der Waals surface area contributed by atoms with E-state index in [0.717, 1.165) is 16.8 Å². The molecule has 0 radical (unpaired) electrons. The second-order valence-electron chi connectivity index (χ2n) is 9.93. The summed E-state index contributed by atoms with van der Waals surface area (Å²) in [6.07, 6.45) is 13.2. The van der Waals surface area contributed by atoms with Gasteiger partial charge in [-0.3, -0.25) is 14.6 Å². The van der Waals surface area contributed by atoms with E-state index < -0.39 is 9.84 Å². The predicted molar refractivity (Wildman–Crippen MR) is 174 cm³/mol. The lowest BCUT2D eigenvalue weighted by atomic mass is 10.2. The van der Waals surface area contributed by atoms with Gasteiger partial charge < -0.3 is 19.9 Å². The Bertz CT molecular complexity index is 1760. The van der Waals surface area contributed by atoms with Crippen molar-refractivity contribution < 1.29 is 18.0 Å². The number of amidine groups is 1. The molecule has 0 saturated carbocycles. The maximum Gasteiger partial charge on any atom is 0.253 e. The first-order chi connectivity index (χ1) is 21.0. The molecule has 0 aliphatic heterocycles. The van der Waals surface area contributed by atoms with Crippen molar-refractivity contribution in [1.29, 1.82) is 0 Å². The fourth-order valence-corrected chi connectivity index (χ4v) is 5.38. The van der Waals surface area contributed by atoms with Crippen molar-refractivity contribution >= 4 is 33.1 Å². The third-order valence-corrected chi connectivity index (χ3v) is 8.58. The molecule has 230 valence electrons. The first kappa shape index (κ1) is 33.5. The number of hydrogen-bond acceptors (Lipinski definition) is 6. The van der Waals surface area contributed by atoms with Gasteiger partial charge in [0.2, 0.25) is 15.7 Å². The van der Waals surface area contributed by atoms with Crippen LogP contribution < -0.4 is 10.6 Å². The minimum atomic E-state index is -3.81. The van der Waals surface area contributed by atoms with E-state index in [1.165, 1.54) is 24.3 Å². The van der Waals surface area contributed by atoms with Crippen LogP contribution in [0.15, 0.2) is 125 Å². The number of rotatable bonds is 13. The molecule has 0 aliphatic rings. The highest BCUT2D eigenvalue weighted by Crippen LogP contribution is 2.23. The summed E-state index contributed by atoms with van der Waals surface area (Å²) in [6, 6.07) is 9.85. The number of sulfone groups is 1. The zero-order valence-electron chi connectivity index (χ0n) is 25.4. The Kier molecular flexibility index (Phi) is 11.7. The monoisotopic (exact) mass is 614 g/mol. The van der Waals surface area contributed by atoms with E-state index in [1.54, 1.807) is 98.5 Å². The molecular weight excluding hydrogens is 576 g/mol. The molecule has 10 nitrogen and oxygen atoms in total. The average molecular weight is 615 g/mol. The summed E-state index contributed by atoms with van der Waals surface area (Å²) in [4.78, 5) is 35.4. The van der Waals surface area contributed by atoms with Gasteiger partial charge in [-0.25, -0.2) is 13.4 Å². The van der Waals surface area contributed by atoms with Gasteiger partial charge in [0.05, 0.1) is 15.4 Å². The molecule has 2 N–H and O–H groups in total. The number of allylic oxidation sites excluding steroid dienone is 4. The average Bonchev–Trinajstić information content (AvgIpc) is 3.51. The SMILES string of the molecule is C=CC/C(=C\C=C(/C)CNC(=O)/C(C)=C/N(C=C)C(C)=NC)S(=O)(=O)c1ccc(CNC(=O)c2ccc3nccn3c2)cc1. The van der Waals surface area contributed by atoms with E-state index in [2.05, 4.69) is 33.8 Å². The summed E-state index contributed by atoms with van der Waals surface area (Å²) in [5.74, 6) is 0.162. The summed E-state index contributed by atoms with van der Waals surface area (Å²) < 4.78 is 28.6. The maximum absolute atomic E-state index is 13.4. The molecule has 1 aromatic carbocycles. The van der Waals surface area contributed by atoms with Crippen LogP contribution in [0.3, 0.4) is 0 Å². The number of carbonyl (C=O) groups excluding carboxylic acids is 2. The number of aromatic nitrogens is 2. The molecule has 2 heterocycles. The van der Waals surface area contributed by atoms with E-state index in [4.69, 9.17) is 0 Å².